The second kappa shape index (κ2) is 24.4. The number of aliphatic imine (C=N–C) groups is 1. The molecule has 8 rings (SSSR count). The minimum atomic E-state index is -1.03. The van der Waals surface area contributed by atoms with Gasteiger partial charge in [-0.05, 0) is 48.4 Å². The van der Waals surface area contributed by atoms with Gasteiger partial charge in [-0.3, -0.25) is 39.2 Å². The highest BCUT2D eigenvalue weighted by molar-refractivity contribution is 6.25. The first-order valence-electron chi connectivity index (χ1n) is 23.1. The third kappa shape index (κ3) is 12.1. The van der Waals surface area contributed by atoms with Crippen LogP contribution in [0.25, 0.3) is 0 Å². The van der Waals surface area contributed by atoms with E-state index in [1.807, 2.05) is 0 Å². The number of rotatable bonds is 28. The Hall–Kier alpha value is -6.40. The van der Waals surface area contributed by atoms with Crippen molar-refractivity contribution in [1.29, 1.82) is 0 Å². The molecule has 22 heteroatoms. The van der Waals surface area contributed by atoms with Crippen LogP contribution in [0.5, 0.6) is 0 Å². The van der Waals surface area contributed by atoms with Crippen LogP contribution in [0, 0.1) is 11.6 Å². The van der Waals surface area contributed by atoms with Crippen molar-refractivity contribution in [3.8, 4) is 0 Å². The zero-order chi connectivity index (χ0) is 48.8. The highest BCUT2D eigenvalue weighted by atomic mass is 19.1. The number of Topliss-reactive ketones (excluding diaryl/α,β-unsaturated/α-hetero) is 1. The number of amides is 4. The van der Waals surface area contributed by atoms with Gasteiger partial charge in [0.05, 0.1) is 128 Å². The van der Waals surface area contributed by atoms with Gasteiger partial charge in [0.15, 0.2) is 5.78 Å². The third-order valence-corrected chi connectivity index (χ3v) is 11.9. The lowest BCUT2D eigenvalue weighted by Gasteiger charge is -2.38. The van der Waals surface area contributed by atoms with Crippen molar-refractivity contribution in [2.45, 2.75) is 37.4 Å². The summed E-state index contributed by atoms with van der Waals surface area (Å²) in [6.45, 7) is 5.81. The molecule has 1 fully saturated rings. The van der Waals surface area contributed by atoms with Gasteiger partial charge in [0.25, 0.3) is 11.8 Å². The van der Waals surface area contributed by atoms with Gasteiger partial charge in [0, 0.05) is 35.5 Å². The number of carbonyl (C=O) groups is 5. The maximum Gasteiger partial charge on any atom is 0.264 e. The number of hydrogen-bond acceptors (Lipinski definition) is 17. The van der Waals surface area contributed by atoms with E-state index in [2.05, 4.69) is 31.0 Å². The van der Waals surface area contributed by atoms with Crippen LogP contribution in [0.15, 0.2) is 65.9 Å². The van der Waals surface area contributed by atoms with E-state index in [0.717, 1.165) is 10.5 Å². The van der Waals surface area contributed by atoms with Crippen LogP contribution < -0.4 is 16.0 Å². The number of anilines is 2. The molecule has 0 aliphatic carbocycles. The second-order valence-corrected chi connectivity index (χ2v) is 16.4. The van der Waals surface area contributed by atoms with E-state index in [0.29, 0.717) is 134 Å². The summed E-state index contributed by atoms with van der Waals surface area (Å²) < 4.78 is 69.5. The lowest BCUT2D eigenvalue weighted by Crippen LogP contribution is -2.54. The Morgan fingerprint density at radius 1 is 0.686 bits per heavy atom. The third-order valence-electron chi connectivity index (χ3n) is 11.9. The summed E-state index contributed by atoms with van der Waals surface area (Å²) in [5.41, 5.74) is 3.42. The average molecular weight is 973 g/mol. The fourth-order valence-corrected chi connectivity index (χ4v) is 8.60. The number of piperidine rings is 1. The van der Waals surface area contributed by atoms with Gasteiger partial charge in [-0.2, -0.15) is 5.10 Å². The zero-order valence-corrected chi connectivity index (χ0v) is 38.3. The van der Waals surface area contributed by atoms with Gasteiger partial charge in [-0.1, -0.05) is 18.2 Å². The molecule has 4 aliphatic heterocycles. The van der Waals surface area contributed by atoms with Gasteiger partial charge in [-0.15, -0.1) is 0 Å². The number of nitrogens with one attached hydrogen (secondary N) is 3. The molecule has 0 saturated carbocycles. The summed E-state index contributed by atoms with van der Waals surface area (Å²) in [6, 6.07) is 12.0. The van der Waals surface area contributed by atoms with Crippen molar-refractivity contribution < 1.29 is 65.9 Å². The number of nitrogens with zero attached hydrogens (tertiary/aromatic N) is 5. The molecule has 3 atom stereocenters. The standard InChI is InChI=1S/C48H54F2N8O12/c49-31-6-4-30(5-7-31)43-42(44-40-34(38(59)28-52-44)26-32(50)27-36(40)55-43)45-53-29-54-57(45)11-13-65-15-17-67-19-21-69-23-25-70-24-22-68-20-18-66-16-14-64-12-10-51-35-3-1-2-33-41(35)48(63)58(47(33)62)37-8-9-39(60)56-46(37)61/h1-7,26-27,29,37,42-43,51,55H,8-25,28H2,(H,56,60,61)/t37?,42-,43?/m1/s1. The molecule has 4 amide bonds. The summed E-state index contributed by atoms with van der Waals surface area (Å²) in [4.78, 5) is 73.1. The van der Waals surface area contributed by atoms with Crippen LogP contribution in [0.2, 0.25) is 0 Å². The number of benzene rings is 3. The molecule has 3 aromatic carbocycles. The van der Waals surface area contributed by atoms with Crippen LogP contribution in [0.4, 0.5) is 20.2 Å². The number of imide groups is 2. The molecule has 0 spiro atoms. The summed E-state index contributed by atoms with van der Waals surface area (Å²) in [5.74, 6) is -3.37. The molecule has 3 N–H and O–H groups in total. The van der Waals surface area contributed by atoms with Crippen LogP contribution in [-0.2, 0) is 49.3 Å². The maximum absolute atomic E-state index is 14.6. The van der Waals surface area contributed by atoms with Gasteiger partial charge >= 0.3 is 0 Å². The SMILES string of the molecule is O=C1CCC(N2C(=O)c3cccc(NCCOCCOCCOCCOCCOCCOCCOCCn4ncnc4[C@H]4C5=NCC(=O)c6cc(F)cc(c65)NC4c4ccc(F)cc4)c3C2=O)C(=O)N1. The van der Waals surface area contributed by atoms with Crippen LogP contribution >= 0.6 is 0 Å². The van der Waals surface area contributed by atoms with Gasteiger partial charge in [-0.25, -0.2) is 18.4 Å². The molecule has 4 aromatic rings. The zero-order valence-electron chi connectivity index (χ0n) is 38.3. The van der Waals surface area contributed by atoms with E-state index in [1.165, 1.54) is 30.6 Å². The van der Waals surface area contributed by atoms with Crippen LogP contribution in [0.3, 0.4) is 0 Å². The Morgan fingerprint density at radius 2 is 1.31 bits per heavy atom. The molecule has 4 aliphatic rings. The quantitative estimate of drug-likeness (QED) is 0.0548. The minimum absolute atomic E-state index is 0.0520. The molecular weight excluding hydrogens is 919 g/mol. The molecular formula is C48H54F2N8O12. The van der Waals surface area contributed by atoms with Crippen LogP contribution in [-0.4, -0.2) is 166 Å². The summed E-state index contributed by atoms with van der Waals surface area (Å²) >= 11 is 0. The first-order valence-corrected chi connectivity index (χ1v) is 23.1. The fourth-order valence-electron chi connectivity index (χ4n) is 8.60. The van der Waals surface area contributed by atoms with Crippen molar-refractivity contribution in [3.63, 3.8) is 0 Å². The first kappa shape index (κ1) is 50.0. The number of carbonyl (C=O) groups excluding carboxylic acids is 5. The number of aromatic nitrogens is 3. The number of halogens is 2. The molecule has 5 heterocycles. The summed E-state index contributed by atoms with van der Waals surface area (Å²) in [6.07, 6.45) is 1.58. The molecule has 1 aromatic heterocycles. The Balaban J connectivity index is 0.616. The Bertz CT molecular complexity index is 2540. The largest absolute Gasteiger partial charge is 0.382 e. The van der Waals surface area contributed by atoms with E-state index < -0.39 is 47.4 Å². The highest BCUT2D eigenvalue weighted by Crippen LogP contribution is 2.45. The fraction of sp³-hybridized carbons (Fsp3) is 0.458. The van der Waals surface area contributed by atoms with E-state index in [4.69, 9.17) is 33.2 Å². The molecule has 0 radical (unpaired) electrons. The Morgan fingerprint density at radius 3 is 1.96 bits per heavy atom. The molecule has 20 nitrogen and oxygen atoms in total. The predicted octanol–water partition coefficient (Wildman–Crippen LogP) is 3.12. The lowest BCUT2D eigenvalue weighted by atomic mass is 9.78. The van der Waals surface area contributed by atoms with E-state index in [9.17, 15) is 32.8 Å². The second-order valence-electron chi connectivity index (χ2n) is 16.4. The minimum Gasteiger partial charge on any atom is -0.382 e. The topological polar surface area (TPSA) is 232 Å². The van der Waals surface area contributed by atoms with Crippen molar-refractivity contribution in [2.24, 2.45) is 4.99 Å². The van der Waals surface area contributed by atoms with Crippen LogP contribution in [0.1, 0.15) is 72.8 Å². The summed E-state index contributed by atoms with van der Waals surface area (Å²) in [7, 11) is 0. The van der Waals surface area contributed by atoms with Crippen molar-refractivity contribution in [3.05, 3.63) is 106 Å². The van der Waals surface area contributed by atoms with Crippen molar-refractivity contribution >= 4 is 46.5 Å². The normalized spacial score (nSPS) is 18.4. The highest BCUT2D eigenvalue weighted by Gasteiger charge is 2.46. The Labute approximate surface area is 401 Å². The molecule has 70 heavy (non-hydrogen) atoms. The summed E-state index contributed by atoms with van der Waals surface area (Å²) in [5, 5.41) is 13.1. The smallest absolute Gasteiger partial charge is 0.264 e. The number of ether oxygens (including phenoxy) is 7. The molecule has 0 bridgehead atoms. The maximum atomic E-state index is 14.6. The molecule has 1 saturated heterocycles. The van der Waals surface area contributed by atoms with E-state index >= 15 is 0 Å². The number of ketones is 1. The van der Waals surface area contributed by atoms with Gasteiger partial charge < -0.3 is 43.8 Å². The Kier molecular flexibility index (Phi) is 17.5. The van der Waals surface area contributed by atoms with E-state index in [1.54, 1.807) is 35.0 Å². The number of fused-ring (bicyclic) bond motifs is 1. The van der Waals surface area contributed by atoms with E-state index in [-0.39, 0.29) is 47.7 Å². The molecule has 2 unspecified atom stereocenters. The number of hydrogen-bond donors (Lipinski definition) is 3. The molecule has 372 valence electrons. The predicted molar refractivity (Wildman–Crippen MR) is 245 cm³/mol. The lowest BCUT2D eigenvalue weighted by molar-refractivity contribution is -0.136. The van der Waals surface area contributed by atoms with Crippen molar-refractivity contribution in [1.82, 2.24) is 25.0 Å². The monoisotopic (exact) mass is 972 g/mol. The van der Waals surface area contributed by atoms with Crippen molar-refractivity contribution in [2.75, 3.05) is 116 Å². The van der Waals surface area contributed by atoms with Gasteiger partial charge in [0.1, 0.15) is 36.4 Å². The first-order chi connectivity index (χ1) is 34.2. The average Bonchev–Trinajstić information content (AvgIpc) is 3.92. The van der Waals surface area contributed by atoms with Gasteiger partial charge in [0.2, 0.25) is 11.8 Å².